The van der Waals surface area contributed by atoms with Gasteiger partial charge in [-0.05, 0) is 44.7 Å². The van der Waals surface area contributed by atoms with Crippen LogP contribution in [0.5, 0.6) is 0 Å². The molecule has 1 fully saturated rings. The van der Waals surface area contributed by atoms with Crippen molar-refractivity contribution in [1.29, 1.82) is 0 Å². The maximum atomic E-state index is 12.0. The normalized spacial score (nSPS) is 16.6. The van der Waals surface area contributed by atoms with E-state index in [0.717, 1.165) is 31.2 Å². The van der Waals surface area contributed by atoms with E-state index in [1.165, 1.54) is 23.1 Å². The van der Waals surface area contributed by atoms with E-state index in [1.54, 1.807) is 6.21 Å². The second-order valence-corrected chi connectivity index (χ2v) is 5.88. The molecular formula is C17H24N2O. The molecule has 1 aromatic rings. The van der Waals surface area contributed by atoms with Crippen molar-refractivity contribution < 1.29 is 4.79 Å². The number of carbonyl (C=O) groups excluding carboxylic acids is 1. The number of amides is 1. The first-order chi connectivity index (χ1) is 9.58. The molecule has 1 aromatic carbocycles. The third-order valence-electron chi connectivity index (χ3n) is 4.08. The van der Waals surface area contributed by atoms with Gasteiger partial charge in [-0.1, -0.05) is 37.0 Å². The van der Waals surface area contributed by atoms with Crippen molar-refractivity contribution in [3.8, 4) is 0 Å². The van der Waals surface area contributed by atoms with Crippen LogP contribution in [-0.2, 0) is 4.79 Å². The Balaban J connectivity index is 1.98. The van der Waals surface area contributed by atoms with Crippen molar-refractivity contribution in [2.45, 2.75) is 52.9 Å². The van der Waals surface area contributed by atoms with Gasteiger partial charge < -0.3 is 0 Å². The predicted molar refractivity (Wildman–Crippen MR) is 83.0 cm³/mol. The van der Waals surface area contributed by atoms with Gasteiger partial charge in [-0.2, -0.15) is 5.10 Å². The summed E-state index contributed by atoms with van der Waals surface area (Å²) < 4.78 is 0. The third kappa shape index (κ3) is 3.69. The van der Waals surface area contributed by atoms with Crippen LogP contribution in [0, 0.1) is 26.7 Å². The molecule has 0 saturated heterocycles. The highest BCUT2D eigenvalue weighted by Crippen LogP contribution is 2.23. The molecule has 1 saturated carbocycles. The van der Waals surface area contributed by atoms with Crippen LogP contribution < -0.4 is 5.43 Å². The van der Waals surface area contributed by atoms with Crippen LogP contribution >= 0.6 is 0 Å². The minimum absolute atomic E-state index is 0.0726. The Kier molecular flexibility index (Phi) is 4.94. The highest BCUT2D eigenvalue weighted by Gasteiger charge is 2.20. The highest BCUT2D eigenvalue weighted by atomic mass is 16.2. The van der Waals surface area contributed by atoms with Gasteiger partial charge in [-0.3, -0.25) is 4.79 Å². The molecule has 1 aliphatic rings. The number of hydrogen-bond acceptors (Lipinski definition) is 2. The molecule has 0 unspecified atom stereocenters. The molecule has 0 atom stereocenters. The van der Waals surface area contributed by atoms with E-state index in [1.807, 2.05) is 0 Å². The quantitative estimate of drug-likeness (QED) is 0.662. The molecule has 1 amide bonds. The number of rotatable bonds is 3. The first kappa shape index (κ1) is 14.8. The number of carbonyl (C=O) groups is 1. The zero-order valence-electron chi connectivity index (χ0n) is 12.7. The van der Waals surface area contributed by atoms with Crippen LogP contribution in [0.25, 0.3) is 0 Å². The maximum absolute atomic E-state index is 12.0. The molecular weight excluding hydrogens is 248 g/mol. The van der Waals surface area contributed by atoms with Gasteiger partial charge in [0.25, 0.3) is 0 Å². The lowest BCUT2D eigenvalue weighted by Gasteiger charge is -2.19. The van der Waals surface area contributed by atoms with Crippen molar-refractivity contribution in [3.63, 3.8) is 0 Å². The Bertz CT molecular complexity index is 491. The van der Waals surface area contributed by atoms with Crippen molar-refractivity contribution in [2.75, 3.05) is 0 Å². The van der Waals surface area contributed by atoms with E-state index >= 15 is 0 Å². The van der Waals surface area contributed by atoms with Crippen LogP contribution in [0.3, 0.4) is 0 Å². The van der Waals surface area contributed by atoms with Crippen molar-refractivity contribution >= 4 is 12.1 Å². The Morgan fingerprint density at radius 3 is 2.35 bits per heavy atom. The standard InChI is InChI=1S/C17H24N2O/c1-12-9-13(2)16(14(3)10-12)11-18-19-17(20)15-7-5-4-6-8-15/h9-11,15H,4-8H2,1-3H3,(H,19,20)/b18-11-. The summed E-state index contributed by atoms with van der Waals surface area (Å²) in [6.07, 6.45) is 7.36. The third-order valence-corrected chi connectivity index (χ3v) is 4.08. The summed E-state index contributed by atoms with van der Waals surface area (Å²) in [7, 11) is 0. The molecule has 0 radical (unpaired) electrons. The van der Waals surface area contributed by atoms with Crippen LogP contribution in [0.2, 0.25) is 0 Å². The first-order valence-corrected chi connectivity index (χ1v) is 7.48. The predicted octanol–water partition coefficient (Wildman–Crippen LogP) is 3.64. The van der Waals surface area contributed by atoms with E-state index in [4.69, 9.17) is 0 Å². The molecule has 1 aliphatic carbocycles. The monoisotopic (exact) mass is 272 g/mol. The SMILES string of the molecule is Cc1cc(C)c(/C=N\NC(=O)C2CCCCC2)c(C)c1. The van der Waals surface area contributed by atoms with Crippen LogP contribution in [0.4, 0.5) is 0 Å². The van der Waals surface area contributed by atoms with Crippen molar-refractivity contribution in [3.05, 3.63) is 34.4 Å². The number of hydrazone groups is 1. The van der Waals surface area contributed by atoms with Crippen molar-refractivity contribution in [1.82, 2.24) is 5.43 Å². The maximum Gasteiger partial charge on any atom is 0.243 e. The van der Waals surface area contributed by atoms with Crippen LogP contribution in [0.15, 0.2) is 17.2 Å². The molecule has 0 bridgehead atoms. The van der Waals surface area contributed by atoms with Crippen LogP contribution in [-0.4, -0.2) is 12.1 Å². The fourth-order valence-corrected chi connectivity index (χ4v) is 3.01. The van der Waals surface area contributed by atoms with E-state index in [9.17, 15) is 4.79 Å². The van der Waals surface area contributed by atoms with Gasteiger partial charge in [0.15, 0.2) is 0 Å². The second-order valence-electron chi connectivity index (χ2n) is 5.88. The average Bonchev–Trinajstić information content (AvgIpc) is 2.42. The molecule has 108 valence electrons. The van der Waals surface area contributed by atoms with Crippen LogP contribution in [0.1, 0.15) is 54.4 Å². The molecule has 0 heterocycles. The summed E-state index contributed by atoms with van der Waals surface area (Å²) in [5.74, 6) is 0.226. The van der Waals surface area contributed by atoms with E-state index in [0.29, 0.717) is 0 Å². The Morgan fingerprint density at radius 1 is 1.15 bits per heavy atom. The minimum atomic E-state index is 0.0726. The summed E-state index contributed by atoms with van der Waals surface area (Å²) in [5, 5.41) is 4.14. The second kappa shape index (κ2) is 6.69. The van der Waals surface area contributed by atoms with E-state index in [-0.39, 0.29) is 11.8 Å². The van der Waals surface area contributed by atoms with E-state index < -0.39 is 0 Å². The summed E-state index contributed by atoms with van der Waals surface area (Å²) in [5.41, 5.74) is 7.44. The van der Waals surface area contributed by atoms with E-state index in [2.05, 4.69) is 43.4 Å². The fourth-order valence-electron chi connectivity index (χ4n) is 3.01. The first-order valence-electron chi connectivity index (χ1n) is 7.48. The molecule has 0 spiro atoms. The summed E-state index contributed by atoms with van der Waals surface area (Å²) in [6, 6.07) is 4.27. The van der Waals surface area contributed by atoms with Gasteiger partial charge in [0.1, 0.15) is 0 Å². The summed E-state index contributed by atoms with van der Waals surface area (Å²) in [4.78, 5) is 12.0. The number of benzene rings is 1. The topological polar surface area (TPSA) is 41.5 Å². The fraction of sp³-hybridized carbons (Fsp3) is 0.529. The molecule has 1 N–H and O–H groups in total. The summed E-state index contributed by atoms with van der Waals surface area (Å²) >= 11 is 0. The molecule has 0 aliphatic heterocycles. The Morgan fingerprint density at radius 2 is 1.75 bits per heavy atom. The van der Waals surface area contributed by atoms with Gasteiger partial charge in [-0.15, -0.1) is 0 Å². The number of nitrogens with zero attached hydrogens (tertiary/aromatic N) is 1. The van der Waals surface area contributed by atoms with Gasteiger partial charge in [-0.25, -0.2) is 5.43 Å². The average molecular weight is 272 g/mol. The van der Waals surface area contributed by atoms with Gasteiger partial charge in [0.05, 0.1) is 6.21 Å². The number of aryl methyl sites for hydroxylation is 3. The van der Waals surface area contributed by atoms with Gasteiger partial charge >= 0.3 is 0 Å². The zero-order valence-corrected chi connectivity index (χ0v) is 12.7. The van der Waals surface area contributed by atoms with Gasteiger partial charge in [0.2, 0.25) is 5.91 Å². The molecule has 0 aromatic heterocycles. The lowest BCUT2D eigenvalue weighted by atomic mass is 9.89. The minimum Gasteiger partial charge on any atom is -0.273 e. The zero-order chi connectivity index (χ0) is 14.5. The molecule has 3 heteroatoms. The largest absolute Gasteiger partial charge is 0.273 e. The molecule has 3 nitrogen and oxygen atoms in total. The highest BCUT2D eigenvalue weighted by molar-refractivity contribution is 5.86. The smallest absolute Gasteiger partial charge is 0.243 e. The number of hydrogen-bond donors (Lipinski definition) is 1. The lowest BCUT2D eigenvalue weighted by molar-refractivity contribution is -0.125. The Labute approximate surface area is 121 Å². The Hall–Kier alpha value is -1.64. The molecule has 2 rings (SSSR count). The number of nitrogens with one attached hydrogen (secondary N) is 1. The van der Waals surface area contributed by atoms with Gasteiger partial charge in [0, 0.05) is 11.5 Å². The van der Waals surface area contributed by atoms with Crippen molar-refractivity contribution in [2.24, 2.45) is 11.0 Å². The summed E-state index contributed by atoms with van der Waals surface area (Å²) in [6.45, 7) is 6.24. The molecule has 20 heavy (non-hydrogen) atoms. The lowest BCUT2D eigenvalue weighted by Crippen LogP contribution is -2.28.